The van der Waals surface area contributed by atoms with E-state index >= 15 is 0 Å². The molecule has 1 aromatic rings. The number of hydrogen-bond acceptors (Lipinski definition) is 5. The Bertz CT molecular complexity index is 443. The maximum atomic E-state index is 11.3. The number of hydrogen-bond donors (Lipinski definition) is 1. The Morgan fingerprint density at radius 3 is 2.79 bits per heavy atom. The lowest BCUT2D eigenvalue weighted by Crippen LogP contribution is -2.32. The highest BCUT2D eigenvalue weighted by Gasteiger charge is 2.28. The van der Waals surface area contributed by atoms with Crippen molar-refractivity contribution in [1.82, 2.24) is 10.2 Å². The Morgan fingerprint density at radius 1 is 1.42 bits per heavy atom. The number of anilines is 1. The monoisotopic (exact) mass is 263 g/mol. The Morgan fingerprint density at radius 2 is 2.21 bits per heavy atom. The van der Waals surface area contributed by atoms with Crippen LogP contribution in [0.1, 0.15) is 50.0 Å². The number of aromatic nitrogens is 2. The smallest absolute Gasteiger partial charge is 0.358 e. The van der Waals surface area contributed by atoms with Crippen molar-refractivity contribution in [1.29, 1.82) is 0 Å². The van der Waals surface area contributed by atoms with Gasteiger partial charge in [-0.25, -0.2) is 4.79 Å². The second-order valence-electron chi connectivity index (χ2n) is 5.90. The van der Waals surface area contributed by atoms with Crippen LogP contribution >= 0.6 is 0 Å². The lowest BCUT2D eigenvalue weighted by molar-refractivity contribution is 0.0593. The Kier molecular flexibility index (Phi) is 4.02. The summed E-state index contributed by atoms with van der Waals surface area (Å²) in [6.07, 6.45) is 4.80. The molecule has 0 bridgehead atoms. The average Bonchev–Trinajstić information content (AvgIpc) is 2.37. The predicted octanol–water partition coefficient (Wildman–Crippen LogP) is 2.64. The number of carbonyl (C=O) groups is 1. The van der Waals surface area contributed by atoms with Crippen LogP contribution in [0.5, 0.6) is 0 Å². The van der Waals surface area contributed by atoms with Gasteiger partial charge in [-0.15, -0.1) is 10.2 Å². The topological polar surface area (TPSA) is 64.1 Å². The van der Waals surface area contributed by atoms with E-state index < -0.39 is 5.97 Å². The molecule has 0 saturated heterocycles. The summed E-state index contributed by atoms with van der Waals surface area (Å²) < 4.78 is 4.59. The minimum absolute atomic E-state index is 0.233. The number of carbonyl (C=O) groups excluding carboxylic acids is 1. The van der Waals surface area contributed by atoms with Crippen molar-refractivity contribution < 1.29 is 9.53 Å². The van der Waals surface area contributed by atoms with Gasteiger partial charge in [0.25, 0.3) is 0 Å². The van der Waals surface area contributed by atoms with Crippen molar-refractivity contribution in [3.05, 3.63) is 17.8 Å². The highest BCUT2D eigenvalue weighted by Crippen LogP contribution is 2.36. The molecule has 5 nitrogen and oxygen atoms in total. The summed E-state index contributed by atoms with van der Waals surface area (Å²) in [4.78, 5) is 11.3. The van der Waals surface area contributed by atoms with E-state index in [1.807, 2.05) is 0 Å². The maximum absolute atomic E-state index is 11.3. The number of nitrogens with one attached hydrogen (secondary N) is 1. The van der Waals surface area contributed by atoms with Crippen LogP contribution in [0.3, 0.4) is 0 Å². The molecule has 0 aliphatic heterocycles. The van der Waals surface area contributed by atoms with Gasteiger partial charge in [0.1, 0.15) is 5.82 Å². The van der Waals surface area contributed by atoms with Gasteiger partial charge in [0.05, 0.1) is 7.11 Å². The van der Waals surface area contributed by atoms with Crippen molar-refractivity contribution in [3.63, 3.8) is 0 Å². The fourth-order valence-electron chi connectivity index (χ4n) is 2.65. The van der Waals surface area contributed by atoms with Crippen LogP contribution in [-0.2, 0) is 4.74 Å². The van der Waals surface area contributed by atoms with Crippen LogP contribution < -0.4 is 5.32 Å². The van der Waals surface area contributed by atoms with Gasteiger partial charge in [-0.3, -0.25) is 0 Å². The fourth-order valence-corrected chi connectivity index (χ4v) is 2.65. The van der Waals surface area contributed by atoms with Gasteiger partial charge >= 0.3 is 5.97 Å². The van der Waals surface area contributed by atoms with Crippen LogP contribution in [-0.4, -0.2) is 29.3 Å². The maximum Gasteiger partial charge on any atom is 0.358 e. The molecule has 1 N–H and O–H groups in total. The van der Waals surface area contributed by atoms with E-state index in [9.17, 15) is 4.79 Å². The van der Waals surface area contributed by atoms with Crippen molar-refractivity contribution in [3.8, 4) is 0 Å². The van der Waals surface area contributed by atoms with Crippen LogP contribution in [0.15, 0.2) is 12.1 Å². The van der Waals surface area contributed by atoms with Crippen molar-refractivity contribution >= 4 is 11.8 Å². The minimum Gasteiger partial charge on any atom is -0.464 e. The van der Waals surface area contributed by atoms with Gasteiger partial charge in [-0.05, 0) is 36.8 Å². The summed E-state index contributed by atoms with van der Waals surface area (Å²) in [5, 5.41) is 11.3. The van der Waals surface area contributed by atoms with E-state index in [1.165, 1.54) is 20.0 Å². The third-order valence-corrected chi connectivity index (χ3v) is 3.62. The predicted molar refractivity (Wildman–Crippen MR) is 73.0 cm³/mol. The largest absolute Gasteiger partial charge is 0.464 e. The quantitative estimate of drug-likeness (QED) is 0.849. The van der Waals surface area contributed by atoms with Gasteiger partial charge in [0, 0.05) is 6.04 Å². The molecular formula is C14H21N3O2. The second-order valence-corrected chi connectivity index (χ2v) is 5.90. The molecule has 0 spiro atoms. The minimum atomic E-state index is -0.460. The Labute approximate surface area is 113 Å². The number of rotatable bonds is 3. The van der Waals surface area contributed by atoms with Gasteiger partial charge in [-0.1, -0.05) is 20.3 Å². The number of ether oxygens (including phenoxy) is 1. The summed E-state index contributed by atoms with van der Waals surface area (Å²) >= 11 is 0. The van der Waals surface area contributed by atoms with Crippen molar-refractivity contribution in [2.75, 3.05) is 12.4 Å². The van der Waals surface area contributed by atoms with Crippen LogP contribution in [0.25, 0.3) is 0 Å². The average molecular weight is 263 g/mol. The highest BCUT2D eigenvalue weighted by atomic mass is 16.5. The van der Waals surface area contributed by atoms with E-state index in [2.05, 4.69) is 34.1 Å². The highest BCUT2D eigenvalue weighted by molar-refractivity contribution is 5.86. The molecule has 1 unspecified atom stereocenters. The van der Waals surface area contributed by atoms with E-state index in [0.29, 0.717) is 11.5 Å². The Balaban J connectivity index is 1.98. The van der Waals surface area contributed by atoms with Crippen molar-refractivity contribution in [2.45, 2.75) is 45.6 Å². The number of methoxy groups -OCH3 is 1. The molecule has 2 rings (SSSR count). The summed E-state index contributed by atoms with van der Waals surface area (Å²) in [5.41, 5.74) is 0.618. The molecule has 1 aliphatic carbocycles. The van der Waals surface area contributed by atoms with Gasteiger partial charge < -0.3 is 10.1 Å². The molecule has 0 aromatic carbocycles. The van der Waals surface area contributed by atoms with Crippen molar-refractivity contribution in [2.24, 2.45) is 5.41 Å². The first-order valence-corrected chi connectivity index (χ1v) is 6.69. The summed E-state index contributed by atoms with van der Waals surface area (Å²) in [7, 11) is 1.33. The summed E-state index contributed by atoms with van der Waals surface area (Å²) in [5.74, 6) is 0.258. The van der Waals surface area contributed by atoms with Gasteiger partial charge in [0.15, 0.2) is 5.69 Å². The molecule has 0 radical (unpaired) electrons. The number of nitrogens with zero attached hydrogens (tertiary/aromatic N) is 2. The summed E-state index contributed by atoms with van der Waals surface area (Å²) in [6, 6.07) is 3.85. The first-order chi connectivity index (χ1) is 9.00. The van der Waals surface area contributed by atoms with Crippen LogP contribution in [0, 0.1) is 5.41 Å². The first-order valence-electron chi connectivity index (χ1n) is 6.69. The normalized spacial score (nSPS) is 21.7. The molecule has 1 saturated carbocycles. The second kappa shape index (κ2) is 5.55. The number of esters is 1. The zero-order valence-electron chi connectivity index (χ0n) is 11.8. The molecule has 1 fully saturated rings. The molecule has 1 heterocycles. The molecule has 19 heavy (non-hydrogen) atoms. The molecule has 5 heteroatoms. The SMILES string of the molecule is COC(=O)c1ccc(NC2CCCC(C)(C)C2)nn1. The van der Waals surface area contributed by atoms with Crippen LogP contribution in [0.2, 0.25) is 0 Å². The molecule has 1 atom stereocenters. The first kappa shape index (κ1) is 13.8. The lowest BCUT2D eigenvalue weighted by Gasteiger charge is -2.35. The molecule has 104 valence electrons. The fraction of sp³-hybridized carbons (Fsp3) is 0.643. The van der Waals surface area contributed by atoms with E-state index in [1.54, 1.807) is 12.1 Å². The summed E-state index contributed by atoms with van der Waals surface area (Å²) in [6.45, 7) is 4.60. The van der Waals surface area contributed by atoms with Gasteiger partial charge in [0.2, 0.25) is 0 Å². The molecule has 0 amide bonds. The molecule has 1 aliphatic rings. The van der Waals surface area contributed by atoms with Crippen LogP contribution in [0.4, 0.5) is 5.82 Å². The molecular weight excluding hydrogens is 242 g/mol. The zero-order chi connectivity index (χ0) is 13.9. The third kappa shape index (κ3) is 3.66. The Hall–Kier alpha value is -1.65. The van der Waals surface area contributed by atoms with E-state index in [0.717, 1.165) is 18.7 Å². The van der Waals surface area contributed by atoms with E-state index in [-0.39, 0.29) is 5.69 Å². The molecule has 1 aromatic heterocycles. The standard InChI is InChI=1S/C14H21N3O2/c1-14(2)8-4-5-10(9-14)15-12-7-6-11(16-17-12)13(18)19-3/h6-7,10H,4-5,8-9H2,1-3H3,(H,15,17). The third-order valence-electron chi connectivity index (χ3n) is 3.62. The lowest BCUT2D eigenvalue weighted by atomic mass is 9.75. The zero-order valence-corrected chi connectivity index (χ0v) is 11.8. The van der Waals surface area contributed by atoms with E-state index in [4.69, 9.17) is 0 Å². The van der Waals surface area contributed by atoms with Gasteiger partial charge in [-0.2, -0.15) is 0 Å².